The van der Waals surface area contributed by atoms with Gasteiger partial charge in [-0.3, -0.25) is 0 Å². The molecule has 1 atom stereocenters. The monoisotopic (exact) mass is 175 g/mol. The van der Waals surface area contributed by atoms with E-state index in [0.717, 1.165) is 6.42 Å². The summed E-state index contributed by atoms with van der Waals surface area (Å²) in [6, 6.07) is 9.51. The van der Waals surface area contributed by atoms with Gasteiger partial charge in [0.1, 0.15) is 0 Å². The van der Waals surface area contributed by atoms with Crippen molar-refractivity contribution in [2.75, 3.05) is 0 Å². The summed E-state index contributed by atoms with van der Waals surface area (Å²) in [4.78, 5) is 0. The van der Waals surface area contributed by atoms with Crippen molar-refractivity contribution >= 4 is 0 Å². The summed E-state index contributed by atoms with van der Waals surface area (Å²) in [6.45, 7) is 6.67. The SMILES string of the molecule is CCc1ccc(C2NC2(C)C)cc1. The minimum Gasteiger partial charge on any atom is -0.301 e. The molecule has 1 aromatic rings. The van der Waals surface area contributed by atoms with E-state index in [1.165, 1.54) is 11.1 Å². The van der Waals surface area contributed by atoms with Gasteiger partial charge in [0.2, 0.25) is 0 Å². The lowest BCUT2D eigenvalue weighted by molar-refractivity contribution is 0.754. The van der Waals surface area contributed by atoms with Crippen molar-refractivity contribution in [1.29, 1.82) is 0 Å². The molecule has 0 bridgehead atoms. The third kappa shape index (κ3) is 1.61. The van der Waals surface area contributed by atoms with Crippen molar-refractivity contribution in [3.05, 3.63) is 35.4 Å². The Morgan fingerprint density at radius 3 is 2.15 bits per heavy atom. The molecule has 1 heteroatoms. The van der Waals surface area contributed by atoms with E-state index in [9.17, 15) is 0 Å². The summed E-state index contributed by atoms with van der Waals surface area (Å²) in [5, 5.41) is 3.46. The van der Waals surface area contributed by atoms with Gasteiger partial charge >= 0.3 is 0 Å². The normalized spacial score (nSPS) is 24.4. The van der Waals surface area contributed by atoms with Gasteiger partial charge < -0.3 is 5.32 Å². The molecule has 70 valence electrons. The van der Waals surface area contributed by atoms with Crippen LogP contribution in [0.25, 0.3) is 0 Å². The van der Waals surface area contributed by atoms with Crippen LogP contribution in [-0.2, 0) is 6.42 Å². The predicted molar refractivity (Wildman–Crippen MR) is 55.8 cm³/mol. The van der Waals surface area contributed by atoms with Crippen molar-refractivity contribution in [1.82, 2.24) is 5.32 Å². The molecule has 1 aliphatic heterocycles. The molecule has 1 saturated heterocycles. The first-order valence-corrected chi connectivity index (χ1v) is 5.00. The van der Waals surface area contributed by atoms with Crippen LogP contribution in [0.3, 0.4) is 0 Å². The number of hydrogen-bond donors (Lipinski definition) is 1. The van der Waals surface area contributed by atoms with Crippen LogP contribution in [0.2, 0.25) is 0 Å². The molecule has 0 amide bonds. The zero-order valence-corrected chi connectivity index (χ0v) is 8.59. The standard InChI is InChI=1S/C12H17N/c1-4-9-5-7-10(8-6-9)11-12(2,3)13-11/h5-8,11,13H,4H2,1-3H3. The molecule has 0 saturated carbocycles. The van der Waals surface area contributed by atoms with E-state index in [1.807, 2.05) is 0 Å². The zero-order chi connectivity index (χ0) is 9.47. The lowest BCUT2D eigenvalue weighted by Gasteiger charge is -2.02. The molecule has 0 spiro atoms. The van der Waals surface area contributed by atoms with Crippen LogP contribution in [0.5, 0.6) is 0 Å². The second-order valence-corrected chi connectivity index (χ2v) is 4.39. The predicted octanol–water partition coefficient (Wildman–Crippen LogP) is 2.67. The van der Waals surface area contributed by atoms with E-state index in [4.69, 9.17) is 0 Å². The Kier molecular flexibility index (Phi) is 1.92. The van der Waals surface area contributed by atoms with Crippen LogP contribution >= 0.6 is 0 Å². The molecule has 1 aromatic carbocycles. The van der Waals surface area contributed by atoms with Crippen LogP contribution in [0, 0.1) is 0 Å². The van der Waals surface area contributed by atoms with Gasteiger partial charge in [0.25, 0.3) is 0 Å². The van der Waals surface area contributed by atoms with Gasteiger partial charge in [-0.2, -0.15) is 0 Å². The zero-order valence-electron chi connectivity index (χ0n) is 8.59. The molecule has 0 aromatic heterocycles. The molecule has 1 nitrogen and oxygen atoms in total. The van der Waals surface area contributed by atoms with E-state index < -0.39 is 0 Å². The van der Waals surface area contributed by atoms with Crippen LogP contribution < -0.4 is 5.32 Å². The highest BCUT2D eigenvalue weighted by Crippen LogP contribution is 2.39. The average molecular weight is 175 g/mol. The Hall–Kier alpha value is -0.820. The molecule has 0 radical (unpaired) electrons. The highest BCUT2D eigenvalue weighted by molar-refractivity contribution is 5.32. The largest absolute Gasteiger partial charge is 0.301 e. The van der Waals surface area contributed by atoms with Crippen molar-refractivity contribution in [3.63, 3.8) is 0 Å². The lowest BCUT2D eigenvalue weighted by atomic mass is 10.0. The molecule has 1 unspecified atom stereocenters. The van der Waals surface area contributed by atoms with Gasteiger partial charge in [0.15, 0.2) is 0 Å². The second-order valence-electron chi connectivity index (χ2n) is 4.39. The Morgan fingerprint density at radius 2 is 1.77 bits per heavy atom. The maximum atomic E-state index is 3.46. The molecule has 1 aliphatic rings. The quantitative estimate of drug-likeness (QED) is 0.686. The Balaban J connectivity index is 2.16. The van der Waals surface area contributed by atoms with Crippen molar-refractivity contribution in [3.8, 4) is 0 Å². The van der Waals surface area contributed by atoms with Crippen molar-refractivity contribution in [2.45, 2.75) is 38.8 Å². The average Bonchev–Trinajstić information content (AvgIpc) is 2.76. The summed E-state index contributed by atoms with van der Waals surface area (Å²) in [5.41, 5.74) is 3.15. The van der Waals surface area contributed by atoms with E-state index >= 15 is 0 Å². The number of hydrogen-bond acceptors (Lipinski definition) is 1. The molecule has 1 N–H and O–H groups in total. The Morgan fingerprint density at radius 1 is 1.23 bits per heavy atom. The number of nitrogens with one attached hydrogen (secondary N) is 1. The summed E-state index contributed by atoms with van der Waals surface area (Å²) >= 11 is 0. The van der Waals surface area contributed by atoms with Gasteiger partial charge in [-0.1, -0.05) is 31.2 Å². The highest BCUT2D eigenvalue weighted by atomic mass is 15.2. The molecule has 2 rings (SSSR count). The Bertz CT molecular complexity index is 297. The number of aryl methyl sites for hydroxylation is 1. The lowest BCUT2D eigenvalue weighted by Crippen LogP contribution is -2.00. The number of rotatable bonds is 2. The molecule has 0 aliphatic carbocycles. The smallest absolute Gasteiger partial charge is 0.0504 e. The summed E-state index contributed by atoms with van der Waals surface area (Å²) in [7, 11) is 0. The van der Waals surface area contributed by atoms with Crippen LogP contribution in [0.4, 0.5) is 0 Å². The molecule has 1 fully saturated rings. The van der Waals surface area contributed by atoms with Crippen molar-refractivity contribution < 1.29 is 0 Å². The molecular weight excluding hydrogens is 158 g/mol. The third-order valence-corrected chi connectivity index (χ3v) is 2.88. The summed E-state index contributed by atoms with van der Waals surface area (Å²) in [6.07, 6.45) is 1.13. The summed E-state index contributed by atoms with van der Waals surface area (Å²) in [5.74, 6) is 0. The minimum atomic E-state index is 0.313. The van der Waals surface area contributed by atoms with Crippen LogP contribution in [-0.4, -0.2) is 5.54 Å². The Labute approximate surface area is 80.2 Å². The molecule has 1 heterocycles. The van der Waals surface area contributed by atoms with Crippen LogP contribution in [0.15, 0.2) is 24.3 Å². The van der Waals surface area contributed by atoms with Gasteiger partial charge in [-0.15, -0.1) is 0 Å². The third-order valence-electron chi connectivity index (χ3n) is 2.88. The first-order valence-electron chi connectivity index (χ1n) is 5.00. The van der Waals surface area contributed by atoms with E-state index in [-0.39, 0.29) is 0 Å². The van der Waals surface area contributed by atoms with E-state index in [0.29, 0.717) is 11.6 Å². The van der Waals surface area contributed by atoms with Crippen molar-refractivity contribution in [2.24, 2.45) is 0 Å². The first-order chi connectivity index (χ1) is 6.13. The second kappa shape index (κ2) is 2.85. The maximum Gasteiger partial charge on any atom is 0.0504 e. The summed E-state index contributed by atoms with van der Waals surface area (Å²) < 4.78 is 0. The van der Waals surface area contributed by atoms with E-state index in [1.54, 1.807) is 0 Å². The van der Waals surface area contributed by atoms with Gasteiger partial charge in [-0.25, -0.2) is 0 Å². The van der Waals surface area contributed by atoms with Gasteiger partial charge in [0, 0.05) is 5.54 Å². The van der Waals surface area contributed by atoms with Gasteiger partial charge in [0.05, 0.1) is 6.04 Å². The topological polar surface area (TPSA) is 21.9 Å². The maximum absolute atomic E-state index is 3.46. The number of benzene rings is 1. The molecular formula is C12H17N. The fraction of sp³-hybridized carbons (Fsp3) is 0.500. The van der Waals surface area contributed by atoms with Gasteiger partial charge in [-0.05, 0) is 31.4 Å². The molecule has 13 heavy (non-hydrogen) atoms. The highest BCUT2D eigenvalue weighted by Gasteiger charge is 2.45. The fourth-order valence-electron chi connectivity index (χ4n) is 1.78. The van der Waals surface area contributed by atoms with Crippen LogP contribution in [0.1, 0.15) is 37.9 Å². The minimum absolute atomic E-state index is 0.313. The van der Waals surface area contributed by atoms with E-state index in [2.05, 4.69) is 50.4 Å². The first kappa shape index (κ1) is 8.76. The fourth-order valence-corrected chi connectivity index (χ4v) is 1.78.